The van der Waals surface area contributed by atoms with Gasteiger partial charge >= 0.3 is 0 Å². The maximum atomic E-state index is 6.72. The van der Waals surface area contributed by atoms with Crippen LogP contribution in [0, 0.1) is 0 Å². The lowest BCUT2D eigenvalue weighted by Gasteiger charge is -2.35. The Hall–Kier alpha value is -8.57. The topological polar surface area (TPSA) is 15.7 Å². The number of anilines is 6. The van der Waals surface area contributed by atoms with Crippen molar-refractivity contribution in [2.45, 2.75) is 9.79 Å². The van der Waals surface area contributed by atoms with Crippen molar-refractivity contribution in [3.63, 3.8) is 0 Å². The summed E-state index contributed by atoms with van der Waals surface area (Å²) >= 11 is 1.85. The van der Waals surface area contributed by atoms with Gasteiger partial charge in [0.25, 0.3) is 0 Å². The average Bonchev–Trinajstić information content (AvgIpc) is 3.41. The van der Waals surface area contributed by atoms with Crippen LogP contribution < -0.4 is 14.5 Å². The fraction of sp³-hybridized carbons (Fsp3) is 0. The zero-order valence-electron chi connectivity index (χ0n) is 36.8. The van der Waals surface area contributed by atoms with Crippen molar-refractivity contribution in [2.24, 2.45) is 0 Å². The van der Waals surface area contributed by atoms with E-state index in [1.165, 1.54) is 80.8 Å². The molecule has 4 heteroatoms. The lowest BCUT2D eigenvalue weighted by atomic mass is 9.93. The van der Waals surface area contributed by atoms with Crippen LogP contribution in [-0.2, 0) is 0 Å². The van der Waals surface area contributed by atoms with Crippen molar-refractivity contribution in [3.05, 3.63) is 243 Å². The van der Waals surface area contributed by atoms with Gasteiger partial charge in [0.1, 0.15) is 0 Å². The van der Waals surface area contributed by atoms with Crippen LogP contribution in [0.15, 0.2) is 252 Å². The Kier molecular flexibility index (Phi) is 8.83. The third-order valence-corrected chi connectivity index (χ3v) is 14.8. The van der Waals surface area contributed by atoms with Crippen LogP contribution in [0.4, 0.5) is 34.1 Å². The van der Waals surface area contributed by atoms with E-state index >= 15 is 0 Å². The van der Waals surface area contributed by atoms with Gasteiger partial charge < -0.3 is 14.5 Å². The third kappa shape index (κ3) is 6.30. The molecule has 318 valence electrons. The molecule has 0 unspecified atom stereocenters. The molecule has 0 aliphatic carbocycles. The molecule has 12 aromatic carbocycles. The van der Waals surface area contributed by atoms with Crippen LogP contribution in [0.2, 0.25) is 0 Å². The van der Waals surface area contributed by atoms with Crippen LogP contribution in [0.25, 0.3) is 76.5 Å². The largest absolute Gasteiger partial charge is 0.453 e. The maximum Gasteiger partial charge on any atom is 0.151 e. The minimum absolute atomic E-state index is 0.818. The SMILES string of the molecule is c1ccc(-c2cc(-c3ccccc3)cc(N3c4cc(-c5ccc6c(c5)N(c5ccc7c8ccccc8c8ccccc8c7c5)c5ccccc5O6)ccc4Sc4cc5ccccc5cc43)c2)cc1. The Morgan fingerprint density at radius 1 is 0.265 bits per heavy atom. The normalized spacial score (nSPS) is 12.7. The summed E-state index contributed by atoms with van der Waals surface area (Å²) in [7, 11) is 0. The quantitative estimate of drug-likeness (QED) is 0.160. The third-order valence-electron chi connectivity index (χ3n) is 13.7. The Balaban J connectivity index is 0.949. The molecule has 68 heavy (non-hydrogen) atoms. The number of rotatable bonds is 5. The van der Waals surface area contributed by atoms with Gasteiger partial charge in [0, 0.05) is 21.2 Å². The van der Waals surface area contributed by atoms with Crippen LogP contribution in [-0.4, -0.2) is 0 Å². The second kappa shape index (κ2) is 15.5. The number of fused-ring (bicyclic) bond motifs is 11. The highest BCUT2D eigenvalue weighted by Gasteiger charge is 2.30. The molecule has 0 bridgehead atoms. The average molecular weight is 885 g/mol. The minimum Gasteiger partial charge on any atom is -0.453 e. The van der Waals surface area contributed by atoms with E-state index in [-0.39, 0.29) is 0 Å². The number of para-hydroxylation sites is 2. The molecule has 0 N–H and O–H groups in total. The number of ether oxygens (including phenoxy) is 1. The van der Waals surface area contributed by atoms with Gasteiger partial charge in [0.05, 0.1) is 22.7 Å². The molecule has 0 aromatic heterocycles. The van der Waals surface area contributed by atoms with Crippen LogP contribution >= 0.6 is 11.8 Å². The van der Waals surface area contributed by atoms with E-state index in [9.17, 15) is 0 Å². The molecule has 0 saturated heterocycles. The number of hydrogen-bond acceptors (Lipinski definition) is 4. The Morgan fingerprint density at radius 2 is 0.779 bits per heavy atom. The van der Waals surface area contributed by atoms with E-state index in [0.29, 0.717) is 0 Å². The molecule has 2 heterocycles. The number of benzene rings is 12. The molecule has 0 amide bonds. The second-order valence-corrected chi connectivity index (χ2v) is 18.8. The van der Waals surface area contributed by atoms with E-state index < -0.39 is 0 Å². The van der Waals surface area contributed by atoms with Crippen LogP contribution in [0.3, 0.4) is 0 Å². The molecule has 0 atom stereocenters. The molecule has 12 aromatic rings. The number of hydrogen-bond donors (Lipinski definition) is 0. The molecule has 2 aliphatic heterocycles. The predicted molar refractivity (Wildman–Crippen MR) is 286 cm³/mol. The molecular weight excluding hydrogens is 845 g/mol. The first kappa shape index (κ1) is 38.7. The van der Waals surface area contributed by atoms with Gasteiger partial charge in [-0.1, -0.05) is 176 Å². The fourth-order valence-corrected chi connectivity index (χ4v) is 11.6. The lowest BCUT2D eigenvalue weighted by molar-refractivity contribution is 0.477. The molecule has 2 aliphatic rings. The molecule has 14 rings (SSSR count). The van der Waals surface area contributed by atoms with E-state index in [0.717, 1.165) is 51.1 Å². The van der Waals surface area contributed by atoms with Crippen molar-refractivity contribution < 1.29 is 4.74 Å². The fourth-order valence-electron chi connectivity index (χ4n) is 10.5. The highest BCUT2D eigenvalue weighted by Crippen LogP contribution is 2.56. The van der Waals surface area contributed by atoms with Crippen molar-refractivity contribution >= 4 is 89.0 Å². The summed E-state index contributed by atoms with van der Waals surface area (Å²) in [4.78, 5) is 7.30. The summed E-state index contributed by atoms with van der Waals surface area (Å²) in [6.07, 6.45) is 0. The summed E-state index contributed by atoms with van der Waals surface area (Å²) < 4.78 is 6.72. The molecule has 0 saturated carbocycles. The monoisotopic (exact) mass is 884 g/mol. The van der Waals surface area contributed by atoms with E-state index in [1.807, 2.05) is 17.8 Å². The Labute approximate surface area is 398 Å². The first-order chi connectivity index (χ1) is 33.7. The standard InChI is InChI=1S/C64H40N2OS/c1-3-15-41(16-4-1)47-33-48(42-17-5-2-6-18-42)35-50(34-47)66-59-38-46(28-32-63(59)68-64-39-44-20-8-7-19-43(44)37-60(64)66)45-27-31-62-58(36-45)65(57-25-13-14-26-61(57)67-62)49-29-30-55-53-23-10-9-21-51(53)52-22-11-12-24-54(52)56(55)40-49/h1-40H. The molecular formula is C64H40N2OS. The molecule has 0 spiro atoms. The van der Waals surface area contributed by atoms with Gasteiger partial charge in [-0.2, -0.15) is 0 Å². The Morgan fingerprint density at radius 3 is 1.47 bits per heavy atom. The molecule has 3 nitrogen and oxygen atoms in total. The van der Waals surface area contributed by atoms with Crippen molar-refractivity contribution in [1.82, 2.24) is 0 Å². The van der Waals surface area contributed by atoms with Gasteiger partial charge in [-0.3, -0.25) is 0 Å². The summed E-state index contributed by atoms with van der Waals surface area (Å²) in [5, 5.41) is 9.96. The van der Waals surface area contributed by atoms with Gasteiger partial charge in [0.15, 0.2) is 11.5 Å². The van der Waals surface area contributed by atoms with Crippen LogP contribution in [0.5, 0.6) is 11.5 Å². The second-order valence-electron chi connectivity index (χ2n) is 17.7. The van der Waals surface area contributed by atoms with Crippen molar-refractivity contribution in [2.75, 3.05) is 9.80 Å². The zero-order chi connectivity index (χ0) is 44.7. The summed E-state index contributed by atoms with van der Waals surface area (Å²) in [5.41, 5.74) is 13.4. The summed E-state index contributed by atoms with van der Waals surface area (Å²) in [6.45, 7) is 0. The minimum atomic E-state index is 0.818. The highest BCUT2D eigenvalue weighted by molar-refractivity contribution is 7.99. The van der Waals surface area contributed by atoms with E-state index in [2.05, 4.69) is 246 Å². The Bertz CT molecular complexity index is 3900. The summed E-state index contributed by atoms with van der Waals surface area (Å²) in [6, 6.07) is 88.4. The first-order valence-electron chi connectivity index (χ1n) is 23.1. The van der Waals surface area contributed by atoms with Gasteiger partial charge in [-0.25, -0.2) is 0 Å². The van der Waals surface area contributed by atoms with E-state index in [4.69, 9.17) is 4.74 Å². The predicted octanol–water partition coefficient (Wildman–Crippen LogP) is 18.8. The molecule has 0 fully saturated rings. The van der Waals surface area contributed by atoms with Crippen molar-refractivity contribution in [1.29, 1.82) is 0 Å². The van der Waals surface area contributed by atoms with Crippen molar-refractivity contribution in [3.8, 4) is 44.9 Å². The maximum absolute atomic E-state index is 6.72. The number of nitrogens with zero attached hydrogens (tertiary/aromatic N) is 2. The first-order valence-corrected chi connectivity index (χ1v) is 24.0. The highest BCUT2D eigenvalue weighted by atomic mass is 32.2. The lowest BCUT2D eigenvalue weighted by Crippen LogP contribution is -2.16. The van der Waals surface area contributed by atoms with Gasteiger partial charge in [-0.15, -0.1) is 0 Å². The molecule has 0 radical (unpaired) electrons. The van der Waals surface area contributed by atoms with Gasteiger partial charge in [0.2, 0.25) is 0 Å². The smallest absolute Gasteiger partial charge is 0.151 e. The van der Waals surface area contributed by atoms with Crippen LogP contribution in [0.1, 0.15) is 0 Å². The summed E-state index contributed by atoms with van der Waals surface area (Å²) in [5.74, 6) is 1.65. The van der Waals surface area contributed by atoms with E-state index in [1.54, 1.807) is 0 Å². The zero-order valence-corrected chi connectivity index (χ0v) is 37.6. The van der Waals surface area contributed by atoms with Gasteiger partial charge in [-0.05, 0) is 155 Å².